The van der Waals surface area contributed by atoms with Crippen molar-refractivity contribution in [1.82, 2.24) is 0 Å². The van der Waals surface area contributed by atoms with Crippen LogP contribution < -0.4 is 30.4 Å². The van der Waals surface area contributed by atoms with Crippen molar-refractivity contribution in [3.8, 4) is 33.8 Å². The highest BCUT2D eigenvalue weighted by Gasteiger charge is 2.57. The zero-order valence-electron chi connectivity index (χ0n) is 40.9. The minimum atomic E-state index is -2.86. The summed E-state index contributed by atoms with van der Waals surface area (Å²) in [6, 6.07) is 105. The van der Waals surface area contributed by atoms with E-state index in [0.717, 1.165) is 72.8 Å². The van der Waals surface area contributed by atoms with Gasteiger partial charge in [0.25, 0.3) is 0 Å². The molecule has 0 fully saturated rings. The summed E-state index contributed by atoms with van der Waals surface area (Å²) in [6.07, 6.45) is 0. The highest BCUT2D eigenvalue weighted by molar-refractivity contribution is 7.20. The summed E-state index contributed by atoms with van der Waals surface area (Å²) in [5.41, 5.74) is 13.7. The van der Waals surface area contributed by atoms with E-state index >= 15 is 0 Å². The monoisotopic (exact) mass is 973 g/mol. The fourth-order valence-corrected chi connectivity index (χ4v) is 18.2. The molecular formula is C71H47NO2Si. The Bertz CT molecular complexity index is 4240. The Kier molecular flexibility index (Phi) is 9.81. The number of hydrogen-bond donors (Lipinski definition) is 0. The van der Waals surface area contributed by atoms with Crippen LogP contribution in [-0.2, 0) is 5.41 Å². The standard InChI is InChI=1S/C71H47NO2Si/c1-3-20-55(21-4-1)75(56-22-5-2-6-23-56)69-32-15-11-28-63(69)71(64-29-12-16-33-70(64)75)61-27-10-14-31-66(61)74-68-46-51(38-45-62(68)71)48-34-39-52(40-35-48)72(54-43-44-60-59-25-9-13-30-65(59)73-67(60)47-54)53-41-36-50(37-42-53)58-26-17-19-49-18-7-8-24-57(49)58/h1-47H. The molecule has 2 aliphatic rings. The summed E-state index contributed by atoms with van der Waals surface area (Å²) < 4.78 is 13.6. The zero-order chi connectivity index (χ0) is 49.5. The van der Waals surface area contributed by atoms with Crippen molar-refractivity contribution in [1.29, 1.82) is 0 Å². The summed E-state index contributed by atoms with van der Waals surface area (Å²) in [4.78, 5) is 2.33. The van der Waals surface area contributed by atoms with Gasteiger partial charge in [-0.05, 0) is 119 Å². The average Bonchev–Trinajstić information content (AvgIpc) is 3.89. The lowest BCUT2D eigenvalue weighted by Crippen LogP contribution is -2.79. The van der Waals surface area contributed by atoms with Crippen LogP contribution in [0.1, 0.15) is 22.3 Å². The van der Waals surface area contributed by atoms with Crippen LogP contribution in [0.2, 0.25) is 0 Å². The predicted molar refractivity (Wildman–Crippen MR) is 312 cm³/mol. The molecule has 3 heterocycles. The van der Waals surface area contributed by atoms with Gasteiger partial charge in [-0.15, -0.1) is 0 Å². The van der Waals surface area contributed by atoms with Gasteiger partial charge >= 0.3 is 0 Å². The molecule has 0 unspecified atom stereocenters. The van der Waals surface area contributed by atoms with E-state index < -0.39 is 13.5 Å². The molecule has 3 nitrogen and oxygen atoms in total. The number of benzene rings is 12. The second-order valence-corrected chi connectivity index (χ2v) is 23.6. The van der Waals surface area contributed by atoms with Crippen LogP contribution in [0.4, 0.5) is 17.1 Å². The van der Waals surface area contributed by atoms with Crippen LogP contribution >= 0.6 is 0 Å². The maximum atomic E-state index is 7.11. The number of furan rings is 1. The zero-order valence-corrected chi connectivity index (χ0v) is 41.9. The lowest BCUT2D eigenvalue weighted by atomic mass is 9.63. The van der Waals surface area contributed by atoms with Crippen molar-refractivity contribution >= 4 is 78.6 Å². The Morgan fingerprint density at radius 2 is 0.840 bits per heavy atom. The van der Waals surface area contributed by atoms with E-state index in [1.165, 1.54) is 53.8 Å². The summed E-state index contributed by atoms with van der Waals surface area (Å²) in [5.74, 6) is 1.74. The minimum absolute atomic E-state index is 0.648. The first-order chi connectivity index (χ1) is 37.2. The summed E-state index contributed by atoms with van der Waals surface area (Å²) >= 11 is 0. The Morgan fingerprint density at radius 3 is 1.55 bits per heavy atom. The van der Waals surface area contributed by atoms with Gasteiger partial charge < -0.3 is 14.1 Å². The van der Waals surface area contributed by atoms with Crippen molar-refractivity contribution in [2.75, 3.05) is 4.90 Å². The molecule has 0 amide bonds. The lowest BCUT2D eigenvalue weighted by Gasteiger charge is -2.51. The Labute approximate surface area is 436 Å². The van der Waals surface area contributed by atoms with Gasteiger partial charge in [-0.2, -0.15) is 0 Å². The van der Waals surface area contributed by atoms with Gasteiger partial charge in [0.2, 0.25) is 0 Å². The van der Waals surface area contributed by atoms with Crippen molar-refractivity contribution in [3.63, 3.8) is 0 Å². The van der Waals surface area contributed by atoms with Crippen LogP contribution in [0, 0.1) is 0 Å². The van der Waals surface area contributed by atoms with Gasteiger partial charge in [0.05, 0.1) is 5.41 Å². The molecule has 0 saturated heterocycles. The third-order valence-electron chi connectivity index (χ3n) is 16.1. The van der Waals surface area contributed by atoms with Gasteiger partial charge in [-0.1, -0.05) is 224 Å². The molecule has 1 aromatic heterocycles. The first kappa shape index (κ1) is 43.1. The second kappa shape index (κ2) is 17.1. The number of para-hydroxylation sites is 2. The summed E-state index contributed by atoms with van der Waals surface area (Å²) in [7, 11) is -2.86. The maximum absolute atomic E-state index is 7.11. The smallest absolute Gasteiger partial charge is 0.180 e. The summed E-state index contributed by atoms with van der Waals surface area (Å²) in [6.45, 7) is 0. The number of hydrogen-bond acceptors (Lipinski definition) is 3. The van der Waals surface area contributed by atoms with E-state index in [0.29, 0.717) is 0 Å². The number of fused-ring (bicyclic) bond motifs is 12. The molecule has 13 aromatic rings. The van der Waals surface area contributed by atoms with Crippen molar-refractivity contribution < 1.29 is 9.15 Å². The molecular weight excluding hydrogens is 927 g/mol. The molecule has 0 N–H and O–H groups in total. The molecule has 15 rings (SSSR count). The number of ether oxygens (including phenoxy) is 1. The third kappa shape index (κ3) is 6.46. The fraction of sp³-hybridized carbons (Fsp3) is 0.0141. The quantitative estimate of drug-likeness (QED) is 0.149. The van der Waals surface area contributed by atoms with Gasteiger partial charge in [-0.3, -0.25) is 0 Å². The van der Waals surface area contributed by atoms with Crippen molar-refractivity contribution in [2.45, 2.75) is 5.41 Å². The second-order valence-electron chi connectivity index (χ2n) is 19.9. The van der Waals surface area contributed by atoms with Gasteiger partial charge in [0.15, 0.2) is 8.07 Å². The predicted octanol–water partition coefficient (Wildman–Crippen LogP) is 15.7. The third-order valence-corrected chi connectivity index (χ3v) is 21.0. The van der Waals surface area contributed by atoms with E-state index in [1.54, 1.807) is 0 Å². The normalized spacial score (nSPS) is 13.7. The molecule has 0 aliphatic carbocycles. The summed E-state index contributed by atoms with van der Waals surface area (Å²) in [5, 5.41) is 10.2. The molecule has 4 heteroatoms. The Balaban J connectivity index is 0.867. The molecule has 0 saturated carbocycles. The Hall–Kier alpha value is -9.48. The lowest BCUT2D eigenvalue weighted by molar-refractivity contribution is 0.435. The number of nitrogens with zero attached hydrogens (tertiary/aromatic N) is 1. The van der Waals surface area contributed by atoms with E-state index in [4.69, 9.17) is 9.15 Å². The average molecular weight is 974 g/mol. The van der Waals surface area contributed by atoms with E-state index in [-0.39, 0.29) is 0 Å². The van der Waals surface area contributed by atoms with Crippen LogP contribution in [0.25, 0.3) is 55.0 Å². The topological polar surface area (TPSA) is 25.6 Å². The number of rotatable bonds is 7. The maximum Gasteiger partial charge on any atom is 0.180 e. The molecule has 2 aliphatic heterocycles. The van der Waals surface area contributed by atoms with Gasteiger partial charge in [-0.25, -0.2) is 0 Å². The fourth-order valence-electron chi connectivity index (χ4n) is 12.9. The molecule has 1 spiro atoms. The first-order valence-corrected chi connectivity index (χ1v) is 27.8. The highest BCUT2D eigenvalue weighted by atomic mass is 28.3. The largest absolute Gasteiger partial charge is 0.457 e. The van der Waals surface area contributed by atoms with Crippen LogP contribution in [-0.4, -0.2) is 8.07 Å². The molecule has 75 heavy (non-hydrogen) atoms. The minimum Gasteiger partial charge on any atom is -0.457 e. The van der Waals surface area contributed by atoms with E-state index in [1.807, 2.05) is 12.1 Å². The molecule has 12 aromatic carbocycles. The van der Waals surface area contributed by atoms with Crippen molar-refractivity contribution in [2.24, 2.45) is 0 Å². The van der Waals surface area contributed by atoms with Gasteiger partial charge in [0.1, 0.15) is 22.7 Å². The SMILES string of the molecule is c1ccc([Si]2(c3ccccc3)c3ccccc3C3(c4ccccc4Oc4cc(-c5ccc(N(c6ccc(-c7cccc8ccccc78)cc6)c6ccc7c(c6)oc6ccccc67)cc5)ccc43)c3ccccc32)cc1. The van der Waals surface area contributed by atoms with Crippen LogP contribution in [0.5, 0.6) is 11.5 Å². The van der Waals surface area contributed by atoms with Crippen molar-refractivity contribution in [3.05, 3.63) is 307 Å². The molecule has 0 atom stereocenters. The Morgan fingerprint density at radius 1 is 0.320 bits per heavy atom. The molecule has 352 valence electrons. The van der Waals surface area contributed by atoms with Crippen LogP contribution in [0.15, 0.2) is 290 Å². The number of anilines is 3. The van der Waals surface area contributed by atoms with Crippen LogP contribution in [0.3, 0.4) is 0 Å². The van der Waals surface area contributed by atoms with E-state index in [9.17, 15) is 0 Å². The molecule has 0 bridgehead atoms. The van der Waals surface area contributed by atoms with E-state index in [2.05, 4.69) is 278 Å². The first-order valence-electron chi connectivity index (χ1n) is 25.8. The van der Waals surface area contributed by atoms with Gasteiger partial charge in [0, 0.05) is 45.0 Å². The molecule has 0 radical (unpaired) electrons. The highest BCUT2D eigenvalue weighted by Crippen LogP contribution is 2.57.